The maximum atomic E-state index is 6.22. The highest BCUT2D eigenvalue weighted by Crippen LogP contribution is 2.60. The van der Waals surface area contributed by atoms with E-state index in [0.717, 1.165) is 17.9 Å². The molecular formula is C13H13Cl3. The second-order valence-electron chi connectivity index (χ2n) is 4.14. The summed E-state index contributed by atoms with van der Waals surface area (Å²) in [6, 6.07) is 6.09. The molecule has 0 aliphatic heterocycles. The third kappa shape index (κ3) is 1.51. The van der Waals surface area contributed by atoms with Crippen molar-refractivity contribution in [3.05, 3.63) is 44.4 Å². The third-order valence-corrected chi connectivity index (χ3v) is 4.29. The van der Waals surface area contributed by atoms with Gasteiger partial charge in [-0.3, -0.25) is 0 Å². The second kappa shape index (κ2) is 4.25. The Morgan fingerprint density at radius 2 is 1.81 bits per heavy atom. The van der Waals surface area contributed by atoms with E-state index in [9.17, 15) is 0 Å². The lowest BCUT2D eigenvalue weighted by atomic mass is 9.92. The van der Waals surface area contributed by atoms with Crippen LogP contribution < -0.4 is 0 Å². The molecule has 0 spiro atoms. The molecule has 1 fully saturated rings. The average Bonchev–Trinajstić information content (AvgIpc) is 2.73. The first-order valence-electron chi connectivity index (χ1n) is 5.03. The van der Waals surface area contributed by atoms with Gasteiger partial charge in [0.05, 0.1) is 0 Å². The van der Waals surface area contributed by atoms with Crippen molar-refractivity contribution in [3.63, 3.8) is 0 Å². The molecule has 2 unspecified atom stereocenters. The lowest BCUT2D eigenvalue weighted by Gasteiger charge is -2.14. The Hall–Kier alpha value is -0.170. The van der Waals surface area contributed by atoms with E-state index >= 15 is 0 Å². The van der Waals surface area contributed by atoms with Crippen molar-refractivity contribution in [2.24, 2.45) is 0 Å². The van der Waals surface area contributed by atoms with Crippen LogP contribution in [0.3, 0.4) is 0 Å². The minimum Gasteiger partial charge on any atom is -0.0840 e. The highest BCUT2D eigenvalue weighted by atomic mass is 35.5. The SMILES string of the molecule is C.ClC(Cl)=C1C2CCC1c1c(Cl)cccc12. The molecule has 2 atom stereocenters. The third-order valence-electron chi connectivity index (χ3n) is 3.52. The zero-order valence-electron chi connectivity index (χ0n) is 7.93. The van der Waals surface area contributed by atoms with Crippen LogP contribution >= 0.6 is 34.8 Å². The van der Waals surface area contributed by atoms with Gasteiger partial charge in [-0.25, -0.2) is 0 Å². The summed E-state index contributed by atoms with van der Waals surface area (Å²) in [6.07, 6.45) is 2.27. The van der Waals surface area contributed by atoms with Crippen LogP contribution in [0.25, 0.3) is 0 Å². The van der Waals surface area contributed by atoms with Gasteiger partial charge in [0.15, 0.2) is 0 Å². The molecular weight excluding hydrogens is 263 g/mol. The van der Waals surface area contributed by atoms with Gasteiger partial charge in [0.1, 0.15) is 4.49 Å². The van der Waals surface area contributed by atoms with Gasteiger partial charge in [0.25, 0.3) is 0 Å². The summed E-state index contributed by atoms with van der Waals surface area (Å²) in [5, 5.41) is 0.854. The minimum atomic E-state index is 0. The normalized spacial score (nSPS) is 25.3. The Bertz CT molecular complexity index is 458. The molecule has 2 bridgehead atoms. The average molecular weight is 276 g/mol. The summed E-state index contributed by atoms with van der Waals surface area (Å²) in [4.78, 5) is 0. The monoisotopic (exact) mass is 274 g/mol. The van der Waals surface area contributed by atoms with E-state index < -0.39 is 0 Å². The Morgan fingerprint density at radius 3 is 2.44 bits per heavy atom. The van der Waals surface area contributed by atoms with Gasteiger partial charge in [-0.05, 0) is 35.6 Å². The van der Waals surface area contributed by atoms with Gasteiger partial charge in [-0.1, -0.05) is 54.4 Å². The van der Waals surface area contributed by atoms with Gasteiger partial charge >= 0.3 is 0 Å². The van der Waals surface area contributed by atoms with Crippen LogP contribution in [0.5, 0.6) is 0 Å². The molecule has 2 aliphatic rings. The summed E-state index contributed by atoms with van der Waals surface area (Å²) in [6.45, 7) is 0. The van der Waals surface area contributed by atoms with Crippen LogP contribution in [0.15, 0.2) is 28.3 Å². The van der Waals surface area contributed by atoms with E-state index in [4.69, 9.17) is 34.8 Å². The number of hydrogen-bond donors (Lipinski definition) is 0. The van der Waals surface area contributed by atoms with E-state index in [2.05, 4.69) is 6.07 Å². The number of fused-ring (bicyclic) bond motifs is 5. The number of hydrogen-bond acceptors (Lipinski definition) is 0. The number of halogens is 3. The van der Waals surface area contributed by atoms with E-state index in [1.54, 1.807) is 0 Å². The van der Waals surface area contributed by atoms with Crippen molar-refractivity contribution in [2.75, 3.05) is 0 Å². The van der Waals surface area contributed by atoms with Crippen LogP contribution in [-0.2, 0) is 0 Å². The maximum Gasteiger partial charge on any atom is 0.107 e. The predicted molar refractivity (Wildman–Crippen MR) is 71.6 cm³/mol. The fraction of sp³-hybridized carbons (Fsp3) is 0.385. The fourth-order valence-electron chi connectivity index (χ4n) is 3.00. The first-order chi connectivity index (χ1) is 7.20. The molecule has 1 saturated carbocycles. The molecule has 86 valence electrons. The van der Waals surface area contributed by atoms with Gasteiger partial charge < -0.3 is 0 Å². The van der Waals surface area contributed by atoms with E-state index in [0.29, 0.717) is 16.3 Å². The van der Waals surface area contributed by atoms with Gasteiger partial charge in [0, 0.05) is 16.9 Å². The highest BCUT2D eigenvalue weighted by molar-refractivity contribution is 6.56. The number of benzene rings is 1. The summed E-state index contributed by atoms with van der Waals surface area (Å²) in [5.41, 5.74) is 3.76. The Morgan fingerprint density at radius 1 is 1.12 bits per heavy atom. The summed E-state index contributed by atoms with van der Waals surface area (Å²) in [5.74, 6) is 0.775. The smallest absolute Gasteiger partial charge is 0.0840 e. The molecule has 3 heteroatoms. The summed E-state index contributed by atoms with van der Waals surface area (Å²) >= 11 is 18.1. The molecule has 2 aliphatic carbocycles. The van der Waals surface area contributed by atoms with Crippen molar-refractivity contribution in [1.29, 1.82) is 0 Å². The minimum absolute atomic E-state index is 0. The largest absolute Gasteiger partial charge is 0.107 e. The molecule has 0 heterocycles. The fourth-order valence-corrected chi connectivity index (χ4v) is 3.84. The van der Waals surface area contributed by atoms with Crippen LogP contribution in [0.2, 0.25) is 5.02 Å². The molecule has 3 rings (SSSR count). The summed E-state index contributed by atoms with van der Waals surface area (Å²) < 4.78 is 0.440. The summed E-state index contributed by atoms with van der Waals surface area (Å²) in [7, 11) is 0. The molecule has 0 saturated heterocycles. The van der Waals surface area contributed by atoms with E-state index in [-0.39, 0.29) is 7.43 Å². The zero-order valence-corrected chi connectivity index (χ0v) is 10.2. The van der Waals surface area contributed by atoms with Crippen LogP contribution in [0.1, 0.15) is 43.2 Å². The van der Waals surface area contributed by atoms with Crippen molar-refractivity contribution < 1.29 is 0 Å². The van der Waals surface area contributed by atoms with Crippen molar-refractivity contribution in [2.45, 2.75) is 32.1 Å². The highest BCUT2D eigenvalue weighted by Gasteiger charge is 2.43. The standard InChI is InChI=1S/C12H9Cl3.CH4/c13-9-3-1-2-6-7-4-5-8(10(6)9)11(7)12(14)15;/h1-3,7-8H,4-5H2;1H4. The van der Waals surface area contributed by atoms with Gasteiger partial charge in [-0.15, -0.1) is 0 Å². The van der Waals surface area contributed by atoms with E-state index in [1.807, 2.05) is 12.1 Å². The number of allylic oxidation sites excluding steroid dienone is 1. The number of rotatable bonds is 0. The molecule has 1 aromatic rings. The lowest BCUT2D eigenvalue weighted by molar-refractivity contribution is 0.717. The van der Waals surface area contributed by atoms with Crippen LogP contribution in [-0.4, -0.2) is 0 Å². The zero-order chi connectivity index (χ0) is 10.6. The Labute approximate surface area is 111 Å². The molecule has 0 nitrogen and oxygen atoms in total. The molecule has 0 aromatic heterocycles. The quantitative estimate of drug-likeness (QED) is 0.575. The molecule has 0 N–H and O–H groups in total. The second-order valence-corrected chi connectivity index (χ2v) is 5.50. The molecule has 1 aromatic carbocycles. The van der Waals surface area contributed by atoms with Crippen molar-refractivity contribution in [3.8, 4) is 0 Å². The Kier molecular flexibility index (Phi) is 3.27. The van der Waals surface area contributed by atoms with Gasteiger partial charge in [-0.2, -0.15) is 0 Å². The van der Waals surface area contributed by atoms with E-state index in [1.165, 1.54) is 16.7 Å². The topological polar surface area (TPSA) is 0 Å². The van der Waals surface area contributed by atoms with Crippen LogP contribution in [0, 0.1) is 0 Å². The van der Waals surface area contributed by atoms with Crippen molar-refractivity contribution in [1.82, 2.24) is 0 Å². The first kappa shape index (κ1) is 12.3. The predicted octanol–water partition coefficient (Wildman–Crippen LogP) is 5.64. The first-order valence-corrected chi connectivity index (χ1v) is 6.17. The van der Waals surface area contributed by atoms with Crippen LogP contribution in [0.4, 0.5) is 0 Å². The van der Waals surface area contributed by atoms with Gasteiger partial charge in [0.2, 0.25) is 0 Å². The molecule has 0 amide bonds. The lowest BCUT2D eigenvalue weighted by Crippen LogP contribution is -1.97. The molecule has 16 heavy (non-hydrogen) atoms. The Balaban J connectivity index is 0.000000963. The van der Waals surface area contributed by atoms with Crippen molar-refractivity contribution >= 4 is 34.8 Å². The molecule has 0 radical (unpaired) electrons. The maximum absolute atomic E-state index is 6.22.